The van der Waals surface area contributed by atoms with E-state index in [1.165, 1.54) is 237 Å². The van der Waals surface area contributed by atoms with Crippen LogP contribution in [0.25, 0.3) is 75.4 Å². The van der Waals surface area contributed by atoms with Crippen LogP contribution in [-0.4, -0.2) is 135 Å². The van der Waals surface area contributed by atoms with Gasteiger partial charge in [0.2, 0.25) is 0 Å². The van der Waals surface area contributed by atoms with Gasteiger partial charge in [0.15, 0.2) is 34.3 Å². The van der Waals surface area contributed by atoms with Crippen LogP contribution in [0.1, 0.15) is 170 Å². The lowest BCUT2D eigenvalue weighted by Gasteiger charge is -2.16. The summed E-state index contributed by atoms with van der Waals surface area (Å²) < 4.78 is 111. The predicted molar refractivity (Wildman–Crippen MR) is 601 cm³/mol. The molecule has 14 nitrogen and oxygen atoms in total. The summed E-state index contributed by atoms with van der Waals surface area (Å²) >= 11 is 0. The second-order valence-corrected chi connectivity index (χ2v) is 53.4. The first kappa shape index (κ1) is 111. The third kappa shape index (κ3) is 29.1. The van der Waals surface area contributed by atoms with Gasteiger partial charge in [-0.05, 0) is 237 Å². The van der Waals surface area contributed by atoms with Crippen molar-refractivity contribution in [1.82, 2.24) is 0 Å². The molecule has 7 saturated heterocycles. The first-order valence-electron chi connectivity index (χ1n) is 51.6. The Morgan fingerprint density at radius 1 is 0.223 bits per heavy atom. The van der Waals surface area contributed by atoms with Crippen LogP contribution in [0.3, 0.4) is 0 Å². The van der Waals surface area contributed by atoms with Crippen molar-refractivity contribution >= 4 is 193 Å². The molecule has 21 rings (SSSR count). The number of esters is 7. The summed E-state index contributed by atoms with van der Waals surface area (Å²) in [7, 11) is 2.06. The van der Waals surface area contributed by atoms with E-state index in [9.17, 15) is 59.9 Å². The highest BCUT2D eigenvalue weighted by Gasteiger charge is 2.44. The number of benzene rings is 14. The first-order chi connectivity index (χ1) is 71.6. The Labute approximate surface area is 884 Å². The number of alkyl halides is 6. The van der Waals surface area contributed by atoms with E-state index >= 15 is 0 Å². The van der Waals surface area contributed by atoms with Crippen LogP contribution < -0.4 is 33.2 Å². The zero-order valence-electron chi connectivity index (χ0n) is 85.1. The topological polar surface area (TPSA) is 184 Å². The Morgan fingerprint density at radius 3 is 0.541 bits per heavy atom. The maximum absolute atomic E-state index is 12.4. The molecule has 148 heavy (non-hydrogen) atoms. The smallest absolute Gasteiger partial charge is 0.426 e. The Bertz CT molecular complexity index is 6970. The number of hydrogen-bond donors (Lipinski definition) is 0. The maximum atomic E-state index is 12.4. The number of carbonyl (C=O) groups excluding carboxylic acids is 7. The monoisotopic (exact) mass is 2150 g/mol. The van der Waals surface area contributed by atoms with Crippen molar-refractivity contribution in [1.29, 1.82) is 0 Å². The molecule has 0 N–H and O–H groups in total. The van der Waals surface area contributed by atoms with Gasteiger partial charge in [-0.3, -0.25) is 24.0 Å². The molecule has 7 aliphatic heterocycles. The van der Waals surface area contributed by atoms with E-state index in [0.717, 1.165) is 70.5 Å². The van der Waals surface area contributed by atoms with E-state index in [1.54, 1.807) is 30.3 Å². The number of hydrogen-bond acceptors (Lipinski definition) is 14. The van der Waals surface area contributed by atoms with Crippen LogP contribution in [0.4, 0.5) is 26.3 Å². The zero-order chi connectivity index (χ0) is 104. The van der Waals surface area contributed by atoms with E-state index in [4.69, 9.17) is 23.7 Å². The van der Waals surface area contributed by atoms with Crippen molar-refractivity contribution in [2.75, 3.05) is 80.5 Å². The molecule has 0 bridgehead atoms. The summed E-state index contributed by atoms with van der Waals surface area (Å²) in [6.07, 6.45) is 12.9. The van der Waals surface area contributed by atoms with Gasteiger partial charge in [0.25, 0.3) is 0 Å². The van der Waals surface area contributed by atoms with E-state index in [1.807, 2.05) is 139 Å². The molecule has 7 aliphatic rings. The standard InChI is InChI=1S/C19H23O2S.2C18H21O2S.C17H16F3O2S.C17H19O2S.C16H14F3O2S.C16H17O2S/c1-14(2)19(20)21-17-10-11-18(22-12-6-3-7-13-22)16-9-5-4-8-15(16)17;1-13(2)18(19)20-16-9-10-17(21-11-5-6-12-21)15-8-4-3-7-14(15)16;1-2-18(19)20-16-10-11-17(21-12-6-3-7-13-21)15-9-5-4-8-14(15)16;18-17(19,20)16(21)22-14-8-9-15(23-10-4-1-5-11-23)13-7-3-2-6-12(13)14;1-2-17(18)19-15-9-10-16(20-11-5-6-12-20)14-8-4-3-7-13(14)15;17-16(18,19)15(20)21-13-7-8-14(22-9-3-4-10-22)12-6-2-1-5-11(12)13;1-12(17)18-15-8-9-16(19-10-4-5-11-19)14-7-3-2-6-13(14)15/h4-5,8-11,14H,3,6-7,12-13H2,1-2H3;3-4,7-10,13H,5-6,11-12H2,1-2H3;4-5,8-11H,2-3,6-7,12-13H2,1H3;2-3,6-9H,1,4-5,10-11H2;3-4,7-10H,2,5-6,11-12H2,1H3;1-2,5-8H,3-4,9-10H2;2-3,6-9H,4-5,10-11H2,1H3/q7*+1. The average molecular weight is 2150 g/mol. The quantitative estimate of drug-likeness (QED) is 0.0342. The van der Waals surface area contributed by atoms with Gasteiger partial charge in [-0.1, -0.05) is 169 Å². The van der Waals surface area contributed by atoms with Crippen LogP contribution in [-0.2, 0) is 110 Å². The molecule has 0 spiro atoms. The van der Waals surface area contributed by atoms with Crippen molar-refractivity contribution in [3.8, 4) is 40.2 Å². The van der Waals surface area contributed by atoms with Crippen molar-refractivity contribution in [2.45, 2.75) is 217 Å². The molecule has 14 aromatic rings. The fraction of sp³-hybridized carbons (Fsp3) is 0.364. The second-order valence-electron chi connectivity index (χ2n) is 37.7. The minimum absolute atomic E-state index is 0.0349. The summed E-state index contributed by atoms with van der Waals surface area (Å²) in [5.74, 6) is 15.3. The second kappa shape index (κ2) is 53.8. The fourth-order valence-electron chi connectivity index (χ4n) is 19.1. The van der Waals surface area contributed by atoms with E-state index in [0.29, 0.717) is 107 Å². The highest BCUT2D eigenvalue weighted by Crippen LogP contribution is 2.44. The van der Waals surface area contributed by atoms with Gasteiger partial charge in [0, 0.05) is 171 Å². The molecule has 0 saturated carbocycles. The lowest BCUT2D eigenvalue weighted by molar-refractivity contribution is -0.189. The van der Waals surface area contributed by atoms with Crippen molar-refractivity contribution in [3.63, 3.8) is 0 Å². The summed E-state index contributed by atoms with van der Waals surface area (Å²) in [6.45, 7) is 12.5. The van der Waals surface area contributed by atoms with Gasteiger partial charge in [0.05, 0.1) is 11.8 Å². The highest BCUT2D eigenvalue weighted by molar-refractivity contribution is 7.99. The summed E-state index contributed by atoms with van der Waals surface area (Å²) in [6, 6.07) is 83.0. The Balaban J connectivity index is 0.000000129. The van der Waals surface area contributed by atoms with Crippen LogP contribution >= 0.6 is 0 Å². The van der Waals surface area contributed by atoms with Gasteiger partial charge >= 0.3 is 54.1 Å². The molecule has 0 aliphatic carbocycles. The van der Waals surface area contributed by atoms with Crippen LogP contribution in [0, 0.1) is 11.8 Å². The van der Waals surface area contributed by atoms with Gasteiger partial charge in [0.1, 0.15) is 121 Å². The lowest BCUT2D eigenvalue weighted by atomic mass is 10.1. The molecule has 14 aromatic carbocycles. The minimum Gasteiger partial charge on any atom is -0.426 e. The first-order valence-corrected chi connectivity index (χ1v) is 62.5. The molecule has 27 heteroatoms. The van der Waals surface area contributed by atoms with Gasteiger partial charge in [-0.2, -0.15) is 26.3 Å². The summed E-state index contributed by atoms with van der Waals surface area (Å²) in [5, 5.41) is 14.4. The summed E-state index contributed by atoms with van der Waals surface area (Å²) in [5.41, 5.74) is 0. The van der Waals surface area contributed by atoms with Crippen LogP contribution in [0.15, 0.2) is 289 Å². The number of fused-ring (bicyclic) bond motifs is 7. The lowest BCUT2D eigenvalue weighted by Crippen LogP contribution is -2.28. The zero-order valence-corrected chi connectivity index (χ0v) is 90.8. The molecule has 0 aromatic heterocycles. The predicted octanol–water partition coefficient (Wildman–Crippen LogP) is 29.1. The Kier molecular flexibility index (Phi) is 40.5. The molecule has 7 fully saturated rings. The number of rotatable bonds is 18. The van der Waals surface area contributed by atoms with Gasteiger partial charge < -0.3 is 33.2 Å². The molecule has 0 amide bonds. The molecule has 0 radical (unpaired) electrons. The van der Waals surface area contributed by atoms with E-state index < -0.39 is 24.3 Å². The highest BCUT2D eigenvalue weighted by atomic mass is 32.2. The van der Waals surface area contributed by atoms with Crippen molar-refractivity contribution in [2.24, 2.45) is 11.8 Å². The minimum atomic E-state index is -5.00. The normalized spacial score (nSPS) is 16.0. The van der Waals surface area contributed by atoms with Crippen molar-refractivity contribution in [3.05, 3.63) is 255 Å². The van der Waals surface area contributed by atoms with Crippen molar-refractivity contribution < 1.29 is 93.1 Å². The Morgan fingerprint density at radius 2 is 0.378 bits per heavy atom. The molecular weight excluding hydrogens is 2020 g/mol. The third-order valence-corrected chi connectivity index (χ3v) is 44.4. The SMILES string of the molecule is CC(=O)Oc1ccc([S+]2CCCC2)c2ccccc12.CC(C)C(=O)Oc1ccc([S+]2CCCC2)c2ccccc12.CC(C)C(=O)Oc1ccc([S+]2CCCCC2)c2ccccc12.CCC(=O)Oc1ccc([S+]2CCCC2)c2ccccc12.CCC(=O)Oc1ccc([S+]2CCCCC2)c2ccccc12.O=C(Oc1ccc([S+]2CCCC2)c2ccccc12)C(F)(F)F.O=C(Oc1ccc([S+]2CCCCC2)c2ccccc12)C(F)(F)F. The molecular formula is C121H131F6O14S7+7. The van der Waals surface area contributed by atoms with E-state index in [2.05, 4.69) is 125 Å². The van der Waals surface area contributed by atoms with E-state index in [-0.39, 0.29) is 75.0 Å². The summed E-state index contributed by atoms with van der Waals surface area (Å²) in [4.78, 5) is 89.8. The Hall–Kier alpha value is -10.8. The number of ether oxygens (including phenoxy) is 7. The molecule has 776 valence electrons. The van der Waals surface area contributed by atoms with Crippen LogP contribution in [0.2, 0.25) is 0 Å². The van der Waals surface area contributed by atoms with Crippen LogP contribution in [0.5, 0.6) is 40.2 Å². The fourth-order valence-corrected chi connectivity index (χ4v) is 36.5. The van der Waals surface area contributed by atoms with Gasteiger partial charge in [-0.15, -0.1) is 0 Å². The average Bonchev–Trinajstić information content (AvgIpc) is 1.57. The molecule has 7 heterocycles. The van der Waals surface area contributed by atoms with Gasteiger partial charge in [-0.25, -0.2) is 9.59 Å². The number of carbonyl (C=O) groups is 7. The molecule has 0 unspecified atom stereocenters. The maximum Gasteiger partial charge on any atom is 0.491 e. The molecule has 0 atom stereocenters. The largest absolute Gasteiger partial charge is 0.491 e. The number of halogens is 6. The third-order valence-electron chi connectivity index (χ3n) is 26.6.